The largest absolute Gasteiger partial charge is 0.461 e. The summed E-state index contributed by atoms with van der Waals surface area (Å²) in [5.74, 6) is -0.660. The Morgan fingerprint density at radius 3 is 2.62 bits per heavy atom. The lowest BCUT2D eigenvalue weighted by Gasteiger charge is -2.09. The van der Waals surface area contributed by atoms with Crippen LogP contribution in [0.15, 0.2) is 36.5 Å². The van der Waals surface area contributed by atoms with Crippen LogP contribution in [0.1, 0.15) is 34.2 Å². The number of rotatable bonds is 4. The molecule has 2 heterocycles. The third kappa shape index (κ3) is 2.89. The molecule has 0 saturated carbocycles. The lowest BCUT2D eigenvalue weighted by molar-refractivity contribution is 0.0519. The van der Waals surface area contributed by atoms with Gasteiger partial charge in [-0.05, 0) is 50.1 Å². The summed E-state index contributed by atoms with van der Waals surface area (Å²) in [6, 6.07) is 8.24. The number of aryl methyl sites for hydroxylation is 1. The molecule has 4 nitrogen and oxygen atoms in total. The minimum Gasteiger partial charge on any atom is -0.461 e. The number of hydrogen-bond donors (Lipinski definition) is 0. The van der Waals surface area contributed by atoms with Gasteiger partial charge in [0.1, 0.15) is 11.5 Å². The Bertz CT molecular complexity index is 898. The maximum absolute atomic E-state index is 13.1. The third-order valence-corrected chi connectivity index (χ3v) is 4.26. The molecule has 1 aromatic carbocycles. The van der Waals surface area contributed by atoms with Crippen molar-refractivity contribution in [1.29, 1.82) is 0 Å². The van der Waals surface area contributed by atoms with Gasteiger partial charge < -0.3 is 9.30 Å². The summed E-state index contributed by atoms with van der Waals surface area (Å²) in [6.07, 6.45) is 1.70. The summed E-state index contributed by atoms with van der Waals surface area (Å²) in [4.78, 5) is 16.1. The Hall–Kier alpha value is -2.69. The Morgan fingerprint density at radius 2 is 1.96 bits per heavy atom. The molecule has 124 valence electrons. The van der Waals surface area contributed by atoms with Crippen LogP contribution >= 0.6 is 0 Å². The van der Waals surface area contributed by atoms with Crippen LogP contribution in [-0.4, -0.2) is 22.1 Å². The third-order valence-electron chi connectivity index (χ3n) is 4.26. The Morgan fingerprint density at radius 1 is 1.25 bits per heavy atom. The molecule has 0 atom stereocenters. The molecular formula is C19H19FN2O2. The highest BCUT2D eigenvalue weighted by atomic mass is 19.1. The molecule has 2 aromatic heterocycles. The molecule has 0 amide bonds. The number of carbonyl (C=O) groups is 1. The molecule has 0 saturated heterocycles. The number of halogens is 1. The average Bonchev–Trinajstić information content (AvgIpc) is 2.81. The van der Waals surface area contributed by atoms with Crippen molar-refractivity contribution in [2.45, 2.75) is 27.3 Å². The molecule has 0 fully saturated rings. The molecule has 3 rings (SSSR count). The van der Waals surface area contributed by atoms with Gasteiger partial charge in [-0.3, -0.25) is 0 Å². The second-order valence-electron chi connectivity index (χ2n) is 5.73. The number of benzene rings is 1. The first-order valence-electron chi connectivity index (χ1n) is 7.88. The number of nitrogens with zero attached hydrogens (tertiary/aromatic N) is 2. The highest BCUT2D eigenvalue weighted by Gasteiger charge is 2.15. The zero-order valence-electron chi connectivity index (χ0n) is 14.0. The summed E-state index contributed by atoms with van der Waals surface area (Å²) in [7, 11) is 0. The van der Waals surface area contributed by atoms with Gasteiger partial charge >= 0.3 is 5.97 Å². The van der Waals surface area contributed by atoms with E-state index in [1.807, 2.05) is 13.8 Å². The van der Waals surface area contributed by atoms with Crippen molar-refractivity contribution >= 4 is 16.9 Å². The van der Waals surface area contributed by atoms with E-state index in [2.05, 4.69) is 9.55 Å². The smallest absolute Gasteiger partial charge is 0.356 e. The van der Waals surface area contributed by atoms with Gasteiger partial charge in [0.25, 0.3) is 0 Å². The number of hydrogen-bond acceptors (Lipinski definition) is 3. The molecule has 0 spiro atoms. The van der Waals surface area contributed by atoms with Crippen molar-refractivity contribution in [2.24, 2.45) is 0 Å². The molecule has 5 heteroatoms. The lowest BCUT2D eigenvalue weighted by atomic mass is 10.1. The molecule has 0 aliphatic rings. The number of esters is 1. The topological polar surface area (TPSA) is 44.1 Å². The van der Waals surface area contributed by atoms with Crippen LogP contribution in [0.2, 0.25) is 0 Å². The molecule has 0 N–H and O–H groups in total. The first-order chi connectivity index (χ1) is 11.5. The minimum absolute atomic E-state index is 0.246. The van der Waals surface area contributed by atoms with Crippen LogP contribution in [0.4, 0.5) is 4.39 Å². The zero-order chi connectivity index (χ0) is 17.3. The number of pyridine rings is 1. The summed E-state index contributed by atoms with van der Waals surface area (Å²) in [5, 5.41) is 0.979. The van der Waals surface area contributed by atoms with Gasteiger partial charge in [-0.2, -0.15) is 0 Å². The summed E-state index contributed by atoms with van der Waals surface area (Å²) in [6.45, 7) is 6.76. The quantitative estimate of drug-likeness (QED) is 0.680. The van der Waals surface area contributed by atoms with Crippen molar-refractivity contribution in [3.63, 3.8) is 0 Å². The predicted molar refractivity (Wildman–Crippen MR) is 90.7 cm³/mol. The van der Waals surface area contributed by atoms with Crippen molar-refractivity contribution in [1.82, 2.24) is 9.55 Å². The van der Waals surface area contributed by atoms with Gasteiger partial charge in [-0.25, -0.2) is 14.2 Å². The number of aromatic nitrogens is 2. The van der Waals surface area contributed by atoms with Crippen molar-refractivity contribution in [3.05, 3.63) is 64.9 Å². The molecular weight excluding hydrogens is 307 g/mol. The Balaban J connectivity index is 2.04. The van der Waals surface area contributed by atoms with Crippen LogP contribution < -0.4 is 0 Å². The van der Waals surface area contributed by atoms with Crippen molar-refractivity contribution in [2.75, 3.05) is 6.61 Å². The average molecular weight is 326 g/mol. The summed E-state index contributed by atoms with van der Waals surface area (Å²) >= 11 is 0. The molecule has 0 radical (unpaired) electrons. The zero-order valence-corrected chi connectivity index (χ0v) is 14.0. The van der Waals surface area contributed by atoms with Gasteiger partial charge in [-0.1, -0.05) is 12.1 Å². The van der Waals surface area contributed by atoms with E-state index in [9.17, 15) is 9.18 Å². The van der Waals surface area contributed by atoms with E-state index >= 15 is 0 Å². The monoisotopic (exact) mass is 326 g/mol. The van der Waals surface area contributed by atoms with E-state index in [0.717, 1.165) is 27.7 Å². The van der Waals surface area contributed by atoms with E-state index in [1.165, 1.54) is 12.1 Å². The molecule has 0 bridgehead atoms. The molecule has 0 aliphatic heterocycles. The van der Waals surface area contributed by atoms with Crippen molar-refractivity contribution < 1.29 is 13.9 Å². The first-order valence-corrected chi connectivity index (χ1v) is 7.88. The molecule has 0 unspecified atom stereocenters. The minimum atomic E-state index is -0.414. The van der Waals surface area contributed by atoms with Gasteiger partial charge in [0.2, 0.25) is 0 Å². The molecule has 0 aliphatic carbocycles. The van der Waals surface area contributed by atoms with Crippen LogP contribution in [0.3, 0.4) is 0 Å². The van der Waals surface area contributed by atoms with Crippen molar-refractivity contribution in [3.8, 4) is 0 Å². The van der Waals surface area contributed by atoms with E-state index in [1.54, 1.807) is 31.3 Å². The second-order valence-corrected chi connectivity index (χ2v) is 5.73. The van der Waals surface area contributed by atoms with Crippen LogP contribution in [0.5, 0.6) is 0 Å². The van der Waals surface area contributed by atoms with Crippen LogP contribution in [-0.2, 0) is 11.3 Å². The first kappa shape index (κ1) is 16.2. The summed E-state index contributed by atoms with van der Waals surface area (Å²) < 4.78 is 20.2. The summed E-state index contributed by atoms with van der Waals surface area (Å²) in [5.41, 5.74) is 4.46. The SMILES string of the molecule is CCOC(=O)c1cc2c(C)c(C)n(Cc3ccc(F)cc3)c2cn1. The van der Waals surface area contributed by atoms with Gasteiger partial charge in [0.05, 0.1) is 18.3 Å². The fraction of sp³-hybridized carbons (Fsp3) is 0.263. The van der Waals surface area contributed by atoms with Crippen LogP contribution in [0, 0.1) is 19.7 Å². The van der Waals surface area contributed by atoms with Gasteiger partial charge in [0.15, 0.2) is 0 Å². The van der Waals surface area contributed by atoms with Gasteiger partial charge in [0, 0.05) is 17.6 Å². The van der Waals surface area contributed by atoms with Crippen LogP contribution in [0.25, 0.3) is 10.9 Å². The van der Waals surface area contributed by atoms with E-state index in [-0.39, 0.29) is 5.82 Å². The molecule has 3 aromatic rings. The number of ether oxygens (including phenoxy) is 1. The highest BCUT2D eigenvalue weighted by molar-refractivity contribution is 5.94. The fourth-order valence-electron chi connectivity index (χ4n) is 2.83. The Kier molecular flexibility index (Phi) is 4.34. The highest BCUT2D eigenvalue weighted by Crippen LogP contribution is 2.26. The van der Waals surface area contributed by atoms with Gasteiger partial charge in [-0.15, -0.1) is 0 Å². The maximum Gasteiger partial charge on any atom is 0.356 e. The Labute approximate surface area is 139 Å². The number of fused-ring (bicyclic) bond motifs is 1. The number of carbonyl (C=O) groups excluding carboxylic acids is 1. The standard InChI is InChI=1S/C19H19FN2O2/c1-4-24-19(23)17-9-16-12(2)13(3)22(18(16)10-21-17)11-14-5-7-15(20)8-6-14/h5-10H,4,11H2,1-3H3. The molecule has 24 heavy (non-hydrogen) atoms. The fourth-order valence-corrected chi connectivity index (χ4v) is 2.83. The van der Waals surface area contributed by atoms with E-state index < -0.39 is 5.97 Å². The van der Waals surface area contributed by atoms with E-state index in [4.69, 9.17) is 4.74 Å². The maximum atomic E-state index is 13.1. The van der Waals surface area contributed by atoms with E-state index in [0.29, 0.717) is 18.8 Å². The lowest BCUT2D eigenvalue weighted by Crippen LogP contribution is -2.07. The predicted octanol–water partition coefficient (Wildman–Crippen LogP) is 4.02. The normalized spacial score (nSPS) is 11.0. The second kappa shape index (κ2) is 6.43.